The van der Waals surface area contributed by atoms with E-state index in [0.717, 1.165) is 37.3 Å². The van der Waals surface area contributed by atoms with Gasteiger partial charge in [0.2, 0.25) is 0 Å². The van der Waals surface area contributed by atoms with Crippen LogP contribution >= 0.6 is 35.0 Å². The number of thioether (sulfide) groups is 1. The molecule has 3 aromatic rings. The lowest BCUT2D eigenvalue weighted by Gasteiger charge is -2.15. The van der Waals surface area contributed by atoms with E-state index in [9.17, 15) is 26.4 Å². The number of anilines is 1. The first-order chi connectivity index (χ1) is 18.9. The quantitative estimate of drug-likeness (QED) is 0.237. The molecule has 1 aliphatic heterocycles. The van der Waals surface area contributed by atoms with Crippen LogP contribution in [-0.4, -0.2) is 45.4 Å². The lowest BCUT2D eigenvalue weighted by atomic mass is 10.1. The van der Waals surface area contributed by atoms with Crippen LogP contribution in [0.15, 0.2) is 70.5 Å². The topological polar surface area (TPSA) is 78.5 Å². The lowest BCUT2D eigenvalue weighted by Crippen LogP contribution is -2.33. The largest absolute Gasteiger partial charge is 0.417 e. The molecule has 13 heteroatoms. The van der Waals surface area contributed by atoms with E-state index in [4.69, 9.17) is 23.2 Å². The third-order valence-corrected chi connectivity index (χ3v) is 9.31. The minimum Gasteiger partial charge on any atom is -0.351 e. The molecule has 1 amide bonds. The van der Waals surface area contributed by atoms with Crippen LogP contribution in [-0.2, 0) is 22.0 Å². The van der Waals surface area contributed by atoms with E-state index in [1.54, 1.807) is 30.3 Å². The molecule has 0 unspecified atom stereocenters. The standard InChI is InChI=1S/C27H26Cl2F3N3O3S2/c28-20-6-9-25(24(15-20)34-40(37,38)21-7-8-23(29)22(16-21)27(30,31)32)39-17-18-4-3-5-19(14-18)26(36)33-10-13-35-11-1-2-12-35/h3-9,14-16,34H,1-2,10-13,17H2,(H,33,36). The van der Waals surface area contributed by atoms with Crippen molar-refractivity contribution in [2.24, 2.45) is 0 Å². The Labute approximate surface area is 245 Å². The summed E-state index contributed by atoms with van der Waals surface area (Å²) in [6.45, 7) is 3.48. The number of alkyl halides is 3. The first-order valence-electron chi connectivity index (χ1n) is 12.3. The molecule has 1 aliphatic rings. The number of sulfonamides is 1. The summed E-state index contributed by atoms with van der Waals surface area (Å²) in [6, 6.07) is 14.1. The number of likely N-dealkylation sites (tertiary alicyclic amines) is 1. The maximum absolute atomic E-state index is 13.3. The average Bonchev–Trinajstić information content (AvgIpc) is 3.41. The van der Waals surface area contributed by atoms with Crippen molar-refractivity contribution in [2.45, 2.75) is 34.6 Å². The van der Waals surface area contributed by atoms with E-state index in [1.165, 1.54) is 30.7 Å². The minimum atomic E-state index is -4.82. The van der Waals surface area contributed by atoms with Crippen molar-refractivity contribution in [3.63, 3.8) is 0 Å². The predicted molar refractivity (Wildman–Crippen MR) is 153 cm³/mol. The highest BCUT2D eigenvalue weighted by atomic mass is 35.5. The molecule has 2 N–H and O–H groups in total. The molecule has 0 saturated carbocycles. The summed E-state index contributed by atoms with van der Waals surface area (Å²) in [4.78, 5) is 14.8. The Kier molecular flexibility index (Phi) is 9.94. The van der Waals surface area contributed by atoms with Gasteiger partial charge >= 0.3 is 6.18 Å². The van der Waals surface area contributed by atoms with Gasteiger partial charge in [-0.25, -0.2) is 8.42 Å². The summed E-state index contributed by atoms with van der Waals surface area (Å²) in [5.74, 6) is 0.219. The van der Waals surface area contributed by atoms with Gasteiger partial charge in [-0.15, -0.1) is 11.8 Å². The molecule has 0 atom stereocenters. The Hall–Kier alpha value is -2.44. The van der Waals surface area contributed by atoms with E-state index < -0.39 is 31.7 Å². The van der Waals surface area contributed by atoms with Gasteiger partial charge in [0, 0.05) is 34.3 Å². The van der Waals surface area contributed by atoms with E-state index in [-0.39, 0.29) is 16.6 Å². The summed E-state index contributed by atoms with van der Waals surface area (Å²) in [5.41, 5.74) is 0.197. The van der Waals surface area contributed by atoms with Crippen LogP contribution in [0.25, 0.3) is 0 Å². The van der Waals surface area contributed by atoms with Crippen molar-refractivity contribution >= 4 is 56.6 Å². The molecular weight excluding hydrogens is 606 g/mol. The number of hydrogen-bond donors (Lipinski definition) is 2. The molecule has 1 saturated heterocycles. The number of halogens is 5. The zero-order valence-electron chi connectivity index (χ0n) is 21.1. The summed E-state index contributed by atoms with van der Waals surface area (Å²) in [6.07, 6.45) is -2.45. The molecule has 214 valence electrons. The molecule has 1 fully saturated rings. The summed E-state index contributed by atoms with van der Waals surface area (Å²) < 4.78 is 68.2. The van der Waals surface area contributed by atoms with Crippen molar-refractivity contribution < 1.29 is 26.4 Å². The van der Waals surface area contributed by atoms with Crippen LogP contribution in [0.5, 0.6) is 0 Å². The zero-order valence-corrected chi connectivity index (χ0v) is 24.2. The van der Waals surface area contributed by atoms with Gasteiger partial charge in [0.25, 0.3) is 15.9 Å². The molecule has 0 radical (unpaired) electrons. The van der Waals surface area contributed by atoms with Crippen LogP contribution in [0.2, 0.25) is 10.0 Å². The van der Waals surface area contributed by atoms with Crippen molar-refractivity contribution in [1.29, 1.82) is 0 Å². The molecule has 0 aromatic heterocycles. The molecule has 4 rings (SSSR count). The van der Waals surface area contributed by atoms with E-state index >= 15 is 0 Å². The second-order valence-corrected chi connectivity index (χ2v) is 12.7. The lowest BCUT2D eigenvalue weighted by molar-refractivity contribution is -0.137. The van der Waals surface area contributed by atoms with Crippen LogP contribution in [0.1, 0.15) is 34.3 Å². The predicted octanol–water partition coefficient (Wildman–Crippen LogP) is 6.93. The van der Waals surface area contributed by atoms with Crippen LogP contribution < -0.4 is 10.0 Å². The molecule has 3 aromatic carbocycles. The number of rotatable bonds is 10. The molecule has 6 nitrogen and oxygen atoms in total. The fourth-order valence-corrected chi connectivity index (χ4v) is 6.69. The van der Waals surface area contributed by atoms with Gasteiger partial charge in [0.1, 0.15) is 0 Å². The Morgan fingerprint density at radius 3 is 2.48 bits per heavy atom. The highest BCUT2D eigenvalue weighted by molar-refractivity contribution is 7.98. The van der Waals surface area contributed by atoms with Crippen LogP contribution in [0.4, 0.5) is 18.9 Å². The highest BCUT2D eigenvalue weighted by Gasteiger charge is 2.34. The number of nitrogens with one attached hydrogen (secondary N) is 2. The molecule has 1 heterocycles. The SMILES string of the molecule is O=C(NCCN1CCCC1)c1cccc(CSc2ccc(Cl)cc2NS(=O)(=O)c2ccc(Cl)c(C(F)(F)F)c2)c1. The van der Waals surface area contributed by atoms with E-state index in [2.05, 4.69) is 14.9 Å². The van der Waals surface area contributed by atoms with Gasteiger partial charge in [-0.2, -0.15) is 13.2 Å². The van der Waals surface area contributed by atoms with Crippen molar-refractivity contribution in [3.05, 3.63) is 87.4 Å². The maximum Gasteiger partial charge on any atom is 0.417 e. The summed E-state index contributed by atoms with van der Waals surface area (Å²) >= 11 is 13.0. The van der Waals surface area contributed by atoms with Gasteiger partial charge in [0.05, 0.1) is 21.2 Å². The number of hydrogen-bond acceptors (Lipinski definition) is 5. The van der Waals surface area contributed by atoms with E-state index in [1.807, 2.05) is 6.07 Å². The van der Waals surface area contributed by atoms with Gasteiger partial charge in [-0.05, 0) is 80.0 Å². The summed E-state index contributed by atoms with van der Waals surface area (Å²) in [5, 5.41) is 2.58. The molecular formula is C27H26Cl2F3N3O3S2. The monoisotopic (exact) mass is 631 g/mol. The van der Waals surface area contributed by atoms with Gasteiger partial charge < -0.3 is 10.2 Å². The maximum atomic E-state index is 13.3. The number of benzene rings is 3. The second-order valence-electron chi connectivity index (χ2n) is 9.18. The first kappa shape index (κ1) is 30.5. The Balaban J connectivity index is 1.45. The Morgan fingerprint density at radius 2 is 1.75 bits per heavy atom. The second kappa shape index (κ2) is 13.0. The molecule has 0 aliphatic carbocycles. The highest BCUT2D eigenvalue weighted by Crippen LogP contribution is 2.37. The van der Waals surface area contributed by atoms with E-state index in [0.29, 0.717) is 28.8 Å². The van der Waals surface area contributed by atoms with Crippen LogP contribution in [0.3, 0.4) is 0 Å². The minimum absolute atomic E-state index is 0.108. The fourth-order valence-electron chi connectivity index (χ4n) is 4.20. The van der Waals surface area contributed by atoms with Crippen molar-refractivity contribution in [1.82, 2.24) is 10.2 Å². The third kappa shape index (κ3) is 8.07. The summed E-state index contributed by atoms with van der Waals surface area (Å²) in [7, 11) is -4.41. The normalized spacial score (nSPS) is 14.3. The number of nitrogens with zero attached hydrogens (tertiary/aromatic N) is 1. The van der Waals surface area contributed by atoms with Gasteiger partial charge in [-0.1, -0.05) is 35.3 Å². The van der Waals surface area contributed by atoms with Crippen LogP contribution in [0, 0.1) is 0 Å². The first-order valence-corrected chi connectivity index (χ1v) is 15.6. The zero-order chi connectivity index (χ0) is 28.9. The average molecular weight is 633 g/mol. The number of carbonyl (C=O) groups excluding carboxylic acids is 1. The molecule has 0 bridgehead atoms. The Morgan fingerprint density at radius 1 is 1.00 bits per heavy atom. The molecule has 40 heavy (non-hydrogen) atoms. The Bertz CT molecular complexity index is 1480. The third-order valence-electron chi connectivity index (χ3n) is 6.24. The molecule has 0 spiro atoms. The van der Waals surface area contributed by atoms with Crippen molar-refractivity contribution in [3.8, 4) is 0 Å². The number of carbonyl (C=O) groups is 1. The smallest absolute Gasteiger partial charge is 0.351 e. The van der Waals surface area contributed by atoms with Gasteiger partial charge in [-0.3, -0.25) is 9.52 Å². The van der Waals surface area contributed by atoms with Crippen molar-refractivity contribution in [2.75, 3.05) is 30.9 Å². The number of amides is 1. The fraction of sp³-hybridized carbons (Fsp3) is 0.296. The van der Waals surface area contributed by atoms with Gasteiger partial charge in [0.15, 0.2) is 0 Å².